The quantitative estimate of drug-likeness (QED) is 0.520. The molecule has 11 heavy (non-hydrogen) atoms. The van der Waals surface area contributed by atoms with Gasteiger partial charge in [0.1, 0.15) is 11.3 Å². The Labute approximate surface area is 64.9 Å². The second-order valence-corrected chi connectivity index (χ2v) is 2.89. The van der Waals surface area contributed by atoms with Crippen molar-refractivity contribution < 1.29 is 14.3 Å². The number of nitrogens with one attached hydrogen (secondary N) is 1. The first kappa shape index (κ1) is 8.20. The fraction of sp³-hybridized carbons (Fsp3) is 0.714. The third-order valence-corrected chi connectivity index (χ3v) is 1.86. The van der Waals surface area contributed by atoms with Crippen molar-refractivity contribution in [3.05, 3.63) is 0 Å². The maximum atomic E-state index is 11.0. The minimum Gasteiger partial charge on any atom is -0.468 e. The largest absolute Gasteiger partial charge is 0.468 e. The second-order valence-electron chi connectivity index (χ2n) is 2.89. The van der Waals surface area contributed by atoms with Crippen LogP contribution in [-0.2, 0) is 14.3 Å². The summed E-state index contributed by atoms with van der Waals surface area (Å²) in [5, 5.41) is 2.81. The van der Waals surface area contributed by atoms with Gasteiger partial charge >= 0.3 is 5.97 Å². The van der Waals surface area contributed by atoms with Crippen LogP contribution in [-0.4, -0.2) is 30.9 Å². The summed E-state index contributed by atoms with van der Waals surface area (Å²) in [5.74, 6) is -0.318. The molecule has 62 valence electrons. The van der Waals surface area contributed by atoms with Crippen molar-refractivity contribution in [1.29, 1.82) is 0 Å². The van der Waals surface area contributed by atoms with Gasteiger partial charge in [0.05, 0.1) is 13.7 Å². The lowest BCUT2D eigenvalue weighted by atomic mass is 10.0. The smallest absolute Gasteiger partial charge is 0.326 e. The van der Waals surface area contributed by atoms with Gasteiger partial charge in [0.15, 0.2) is 0 Å². The Kier molecular flexibility index (Phi) is 1.95. The lowest BCUT2D eigenvalue weighted by Gasteiger charge is -2.18. The second kappa shape index (κ2) is 2.62. The van der Waals surface area contributed by atoms with Gasteiger partial charge in [-0.15, -0.1) is 0 Å². The third-order valence-electron chi connectivity index (χ3n) is 1.86. The van der Waals surface area contributed by atoms with Gasteiger partial charge in [-0.1, -0.05) is 0 Å². The van der Waals surface area contributed by atoms with E-state index >= 15 is 0 Å². The minimum absolute atomic E-state index is 0.0536. The summed E-state index contributed by atoms with van der Waals surface area (Å²) in [6, 6.07) is 0. The molecule has 0 aromatic carbocycles. The van der Waals surface area contributed by atoms with E-state index in [9.17, 15) is 9.59 Å². The van der Waals surface area contributed by atoms with Crippen LogP contribution in [0.3, 0.4) is 0 Å². The highest BCUT2D eigenvalue weighted by Gasteiger charge is 2.41. The van der Waals surface area contributed by atoms with Crippen molar-refractivity contribution >= 4 is 11.8 Å². The fourth-order valence-electron chi connectivity index (χ4n) is 1.18. The van der Waals surface area contributed by atoms with E-state index in [0.29, 0.717) is 0 Å². The van der Waals surface area contributed by atoms with E-state index in [-0.39, 0.29) is 24.7 Å². The predicted molar refractivity (Wildman–Crippen MR) is 38.0 cm³/mol. The van der Waals surface area contributed by atoms with Crippen LogP contribution in [0.5, 0.6) is 0 Å². The molecule has 4 heteroatoms. The van der Waals surface area contributed by atoms with E-state index in [0.717, 1.165) is 0 Å². The monoisotopic (exact) mass is 157 g/mol. The summed E-state index contributed by atoms with van der Waals surface area (Å²) in [6.45, 7) is 1.94. The highest BCUT2D eigenvalue weighted by Crippen LogP contribution is 2.16. The molecule has 0 aromatic rings. The van der Waals surface area contributed by atoms with Crippen LogP contribution in [0.25, 0.3) is 0 Å². The summed E-state index contributed by atoms with van der Waals surface area (Å²) in [7, 11) is 1.32. The molecule has 4 nitrogen and oxygen atoms in total. The molecule has 0 aromatic heterocycles. The van der Waals surface area contributed by atoms with Crippen LogP contribution >= 0.6 is 0 Å². The Bertz CT molecular complexity index is 202. The van der Waals surface area contributed by atoms with Crippen LogP contribution in [0.15, 0.2) is 0 Å². The predicted octanol–water partition coefficient (Wildman–Crippen LogP) is -0.520. The van der Waals surface area contributed by atoms with Gasteiger partial charge in [-0.25, -0.2) is 0 Å². The summed E-state index contributed by atoms with van der Waals surface area (Å²) >= 11 is 0. The molecule has 1 aliphatic rings. The number of hydrogen-bond acceptors (Lipinski definition) is 4. The number of esters is 1. The molecule has 0 spiro atoms. The number of ketones is 1. The molecule has 0 amide bonds. The van der Waals surface area contributed by atoms with E-state index in [1.54, 1.807) is 6.92 Å². The zero-order valence-electron chi connectivity index (χ0n) is 6.64. The molecular formula is C7H11NO3. The molecule has 1 rings (SSSR count). The van der Waals surface area contributed by atoms with E-state index in [1.807, 2.05) is 0 Å². The third kappa shape index (κ3) is 1.40. The van der Waals surface area contributed by atoms with Crippen LogP contribution in [0.1, 0.15) is 13.3 Å². The van der Waals surface area contributed by atoms with E-state index < -0.39 is 5.54 Å². The number of methoxy groups -OCH3 is 1. The van der Waals surface area contributed by atoms with Crippen LogP contribution < -0.4 is 5.32 Å². The first-order chi connectivity index (χ1) is 5.08. The number of rotatable bonds is 1. The van der Waals surface area contributed by atoms with Gasteiger partial charge in [-0.2, -0.15) is 0 Å². The topological polar surface area (TPSA) is 55.4 Å². The van der Waals surface area contributed by atoms with E-state index in [4.69, 9.17) is 0 Å². The van der Waals surface area contributed by atoms with Crippen molar-refractivity contribution in [1.82, 2.24) is 5.32 Å². The molecular weight excluding hydrogens is 146 g/mol. The maximum absolute atomic E-state index is 11.0. The Morgan fingerprint density at radius 3 is 2.73 bits per heavy atom. The van der Waals surface area contributed by atoms with Crippen molar-refractivity contribution in [2.75, 3.05) is 13.7 Å². The van der Waals surface area contributed by atoms with Gasteiger partial charge in [0, 0.05) is 6.42 Å². The van der Waals surface area contributed by atoms with Gasteiger partial charge in [0.2, 0.25) is 0 Å². The molecule has 0 saturated carbocycles. The van der Waals surface area contributed by atoms with Crippen LogP contribution in [0.2, 0.25) is 0 Å². The first-order valence-corrected chi connectivity index (χ1v) is 3.43. The number of carbonyl (C=O) groups is 2. The van der Waals surface area contributed by atoms with Gasteiger partial charge in [0.25, 0.3) is 0 Å². The Morgan fingerprint density at radius 1 is 1.73 bits per heavy atom. The van der Waals surface area contributed by atoms with Crippen LogP contribution in [0, 0.1) is 0 Å². The minimum atomic E-state index is -0.786. The van der Waals surface area contributed by atoms with Gasteiger partial charge in [-0.3, -0.25) is 14.9 Å². The molecule has 0 aliphatic carbocycles. The molecule has 1 aliphatic heterocycles. The summed E-state index contributed by atoms with van der Waals surface area (Å²) in [5.41, 5.74) is -0.786. The highest BCUT2D eigenvalue weighted by atomic mass is 16.5. The lowest BCUT2D eigenvalue weighted by Crippen LogP contribution is -2.45. The summed E-state index contributed by atoms with van der Waals surface area (Å²) < 4.78 is 4.53. The zero-order valence-corrected chi connectivity index (χ0v) is 6.64. The molecule has 1 fully saturated rings. The normalized spacial score (nSPS) is 30.5. The van der Waals surface area contributed by atoms with Gasteiger partial charge < -0.3 is 4.74 Å². The highest BCUT2D eigenvalue weighted by molar-refractivity contribution is 5.94. The molecule has 0 bridgehead atoms. The summed E-state index contributed by atoms with van der Waals surface area (Å²) in [4.78, 5) is 21.9. The van der Waals surface area contributed by atoms with E-state index in [2.05, 4.69) is 10.1 Å². The van der Waals surface area contributed by atoms with E-state index in [1.165, 1.54) is 7.11 Å². The number of ether oxygens (including phenoxy) is 1. The zero-order chi connectivity index (χ0) is 8.48. The molecule has 1 atom stereocenters. The summed E-state index contributed by atoms with van der Waals surface area (Å²) in [6.07, 6.45) is 0.236. The molecule has 1 heterocycles. The first-order valence-electron chi connectivity index (χ1n) is 3.43. The molecule has 0 unspecified atom stereocenters. The Hall–Kier alpha value is -0.900. The fourth-order valence-corrected chi connectivity index (χ4v) is 1.18. The van der Waals surface area contributed by atoms with Crippen molar-refractivity contribution in [3.63, 3.8) is 0 Å². The van der Waals surface area contributed by atoms with Crippen molar-refractivity contribution in [2.45, 2.75) is 18.9 Å². The Morgan fingerprint density at radius 2 is 2.36 bits per heavy atom. The maximum Gasteiger partial charge on any atom is 0.326 e. The van der Waals surface area contributed by atoms with Crippen molar-refractivity contribution in [3.8, 4) is 0 Å². The standard InChI is InChI=1S/C7H11NO3/c1-7(6(10)11-2)3-5(9)4-8-7/h8H,3-4H2,1-2H3/t7-/m0/s1. The van der Waals surface area contributed by atoms with Crippen LogP contribution in [0.4, 0.5) is 0 Å². The number of hydrogen-bond donors (Lipinski definition) is 1. The SMILES string of the molecule is COC(=O)[C@]1(C)CC(=O)CN1. The van der Waals surface area contributed by atoms with Crippen molar-refractivity contribution in [2.24, 2.45) is 0 Å². The molecule has 1 N–H and O–H groups in total. The Balaban J connectivity index is 2.69. The average Bonchev–Trinajstić information content (AvgIpc) is 2.31. The van der Waals surface area contributed by atoms with Gasteiger partial charge in [-0.05, 0) is 6.92 Å². The lowest BCUT2D eigenvalue weighted by molar-refractivity contribution is -0.147. The number of Topliss-reactive ketones (excluding diaryl/α,β-unsaturated/α-hetero) is 1. The molecule has 0 radical (unpaired) electrons. The molecule has 1 saturated heterocycles. The average molecular weight is 157 g/mol. The number of carbonyl (C=O) groups excluding carboxylic acids is 2.